The van der Waals surface area contributed by atoms with E-state index in [0.717, 1.165) is 16.5 Å². The van der Waals surface area contributed by atoms with Crippen molar-refractivity contribution in [2.24, 2.45) is 0 Å². The largest absolute Gasteiger partial charge is 0.486 e. The zero-order valence-electron chi connectivity index (χ0n) is 16.2. The highest BCUT2D eigenvalue weighted by Gasteiger charge is 2.16. The van der Waals surface area contributed by atoms with E-state index >= 15 is 0 Å². The number of ether oxygens (including phenoxy) is 1. The molecule has 28 heavy (non-hydrogen) atoms. The number of carbonyl (C=O) groups excluding carboxylic acids is 1. The predicted molar refractivity (Wildman–Crippen MR) is 114 cm³/mol. The molecule has 0 aliphatic carbocycles. The monoisotopic (exact) mass is 392 g/mol. The minimum atomic E-state index is -0.0265. The lowest BCUT2D eigenvalue weighted by molar-refractivity contribution is 0.0761. The van der Waals surface area contributed by atoms with E-state index in [1.165, 1.54) is 11.1 Å². The van der Waals surface area contributed by atoms with E-state index in [1.807, 2.05) is 47.8 Å². The highest BCUT2D eigenvalue weighted by Crippen LogP contribution is 2.20. The molecular weight excluding hydrogens is 368 g/mol. The Hall–Kier alpha value is -2.92. The zero-order valence-corrected chi connectivity index (χ0v) is 17.0. The molecule has 5 heteroatoms. The van der Waals surface area contributed by atoms with Crippen LogP contribution < -0.4 is 4.74 Å². The molecule has 144 valence electrons. The van der Waals surface area contributed by atoms with Crippen molar-refractivity contribution in [3.8, 4) is 5.75 Å². The van der Waals surface area contributed by atoms with Gasteiger partial charge < -0.3 is 9.64 Å². The standard InChI is InChI=1S/C23H24N2O2S/c1-4-12-25(23(26)19-8-6-5-7-9-19)14-20-16-28-22(24-20)15-27-21-11-10-17(2)18(3)13-21/h4-11,13,16H,1,12,14-15H2,2-3H3. The number of hydrogen-bond donors (Lipinski definition) is 0. The first-order valence-corrected chi connectivity index (χ1v) is 10.0. The molecule has 2 aromatic carbocycles. The van der Waals surface area contributed by atoms with E-state index in [1.54, 1.807) is 22.3 Å². The number of benzene rings is 2. The first-order valence-electron chi connectivity index (χ1n) is 9.15. The van der Waals surface area contributed by atoms with Crippen molar-refractivity contribution in [1.29, 1.82) is 0 Å². The lowest BCUT2D eigenvalue weighted by atomic mass is 10.1. The van der Waals surface area contributed by atoms with Crippen LogP contribution in [-0.2, 0) is 13.2 Å². The molecule has 1 amide bonds. The Morgan fingerprint density at radius 1 is 1.18 bits per heavy atom. The molecule has 4 nitrogen and oxygen atoms in total. The van der Waals surface area contributed by atoms with Gasteiger partial charge in [0.2, 0.25) is 0 Å². The number of rotatable bonds is 8. The quantitative estimate of drug-likeness (QED) is 0.497. The van der Waals surface area contributed by atoms with Crippen molar-refractivity contribution in [3.05, 3.63) is 94.0 Å². The maximum absolute atomic E-state index is 12.7. The van der Waals surface area contributed by atoms with Gasteiger partial charge in [-0.3, -0.25) is 4.79 Å². The Labute approximate surface area is 170 Å². The summed E-state index contributed by atoms with van der Waals surface area (Å²) in [7, 11) is 0. The van der Waals surface area contributed by atoms with Crippen molar-refractivity contribution >= 4 is 17.2 Å². The van der Waals surface area contributed by atoms with Crippen molar-refractivity contribution < 1.29 is 9.53 Å². The number of hydrogen-bond acceptors (Lipinski definition) is 4. The molecule has 0 bridgehead atoms. The third-order valence-corrected chi connectivity index (χ3v) is 5.32. The fraction of sp³-hybridized carbons (Fsp3) is 0.217. The van der Waals surface area contributed by atoms with Crippen LogP contribution in [-0.4, -0.2) is 22.3 Å². The number of amides is 1. The Balaban J connectivity index is 1.63. The van der Waals surface area contributed by atoms with Gasteiger partial charge >= 0.3 is 0 Å². The second-order valence-corrected chi connectivity index (χ2v) is 7.55. The highest BCUT2D eigenvalue weighted by atomic mass is 32.1. The average Bonchev–Trinajstić information content (AvgIpc) is 3.16. The van der Waals surface area contributed by atoms with Gasteiger partial charge in [-0.05, 0) is 49.2 Å². The number of aryl methyl sites for hydroxylation is 2. The highest BCUT2D eigenvalue weighted by molar-refractivity contribution is 7.09. The van der Waals surface area contributed by atoms with Gasteiger partial charge in [0.1, 0.15) is 17.4 Å². The summed E-state index contributed by atoms with van der Waals surface area (Å²) < 4.78 is 5.86. The Morgan fingerprint density at radius 3 is 2.68 bits per heavy atom. The second-order valence-electron chi connectivity index (χ2n) is 6.61. The van der Waals surface area contributed by atoms with Crippen LogP contribution in [0.5, 0.6) is 5.75 Å². The van der Waals surface area contributed by atoms with E-state index in [-0.39, 0.29) is 5.91 Å². The van der Waals surface area contributed by atoms with Crippen molar-refractivity contribution in [1.82, 2.24) is 9.88 Å². The van der Waals surface area contributed by atoms with Crippen LogP contribution in [0.3, 0.4) is 0 Å². The summed E-state index contributed by atoms with van der Waals surface area (Å²) in [4.78, 5) is 19.1. The van der Waals surface area contributed by atoms with E-state index in [4.69, 9.17) is 4.74 Å². The number of nitrogens with zero attached hydrogens (tertiary/aromatic N) is 2. The number of aromatic nitrogens is 1. The van der Waals surface area contributed by atoms with Gasteiger partial charge in [-0.1, -0.05) is 30.3 Å². The van der Waals surface area contributed by atoms with Gasteiger partial charge in [-0.15, -0.1) is 17.9 Å². The molecule has 0 fully saturated rings. The van der Waals surface area contributed by atoms with Crippen LogP contribution in [0.1, 0.15) is 32.2 Å². The number of carbonyl (C=O) groups is 1. The smallest absolute Gasteiger partial charge is 0.254 e. The number of thiazole rings is 1. The molecule has 0 aliphatic rings. The molecule has 0 saturated carbocycles. The van der Waals surface area contributed by atoms with Crippen LogP contribution in [0.2, 0.25) is 0 Å². The second kappa shape index (κ2) is 9.33. The molecule has 0 aliphatic heterocycles. The van der Waals surface area contributed by atoms with Crippen LogP contribution in [0, 0.1) is 13.8 Å². The van der Waals surface area contributed by atoms with Crippen LogP contribution in [0.4, 0.5) is 0 Å². The van der Waals surface area contributed by atoms with Crippen molar-refractivity contribution in [2.75, 3.05) is 6.54 Å². The van der Waals surface area contributed by atoms with E-state index < -0.39 is 0 Å². The lowest BCUT2D eigenvalue weighted by Crippen LogP contribution is -2.30. The molecule has 0 radical (unpaired) electrons. The summed E-state index contributed by atoms with van der Waals surface area (Å²) in [5, 5.41) is 2.87. The van der Waals surface area contributed by atoms with E-state index in [2.05, 4.69) is 31.5 Å². The van der Waals surface area contributed by atoms with Gasteiger partial charge in [0.05, 0.1) is 12.2 Å². The van der Waals surface area contributed by atoms with Gasteiger partial charge in [-0.25, -0.2) is 4.98 Å². The van der Waals surface area contributed by atoms with Gasteiger partial charge in [-0.2, -0.15) is 0 Å². The maximum Gasteiger partial charge on any atom is 0.254 e. The zero-order chi connectivity index (χ0) is 19.9. The molecule has 0 spiro atoms. The molecular formula is C23H24N2O2S. The maximum atomic E-state index is 12.7. The van der Waals surface area contributed by atoms with Gasteiger partial charge in [0, 0.05) is 17.5 Å². The Bertz CT molecular complexity index is 950. The normalized spacial score (nSPS) is 10.5. The van der Waals surface area contributed by atoms with Crippen molar-refractivity contribution in [3.63, 3.8) is 0 Å². The fourth-order valence-corrected chi connectivity index (χ4v) is 3.47. The Kier molecular flexibility index (Phi) is 6.61. The minimum Gasteiger partial charge on any atom is -0.486 e. The third kappa shape index (κ3) is 5.08. The van der Waals surface area contributed by atoms with Crippen molar-refractivity contribution in [2.45, 2.75) is 27.0 Å². The first-order chi connectivity index (χ1) is 13.6. The molecule has 0 N–H and O–H groups in total. The summed E-state index contributed by atoms with van der Waals surface area (Å²) in [5.41, 5.74) is 3.97. The SMILES string of the molecule is C=CCN(Cc1csc(COc2ccc(C)c(C)c2)n1)C(=O)c1ccccc1. The average molecular weight is 393 g/mol. The topological polar surface area (TPSA) is 42.4 Å². The Morgan fingerprint density at radius 2 is 1.96 bits per heavy atom. The molecule has 0 saturated heterocycles. The fourth-order valence-electron chi connectivity index (χ4n) is 2.77. The summed E-state index contributed by atoms with van der Waals surface area (Å²) >= 11 is 1.54. The van der Waals surface area contributed by atoms with Crippen LogP contribution >= 0.6 is 11.3 Å². The minimum absolute atomic E-state index is 0.0265. The molecule has 0 unspecified atom stereocenters. The molecule has 1 heterocycles. The molecule has 3 aromatic rings. The third-order valence-electron chi connectivity index (χ3n) is 4.45. The van der Waals surface area contributed by atoms with Crippen LogP contribution in [0.15, 0.2) is 66.6 Å². The lowest BCUT2D eigenvalue weighted by Gasteiger charge is -2.20. The summed E-state index contributed by atoms with van der Waals surface area (Å²) in [6, 6.07) is 15.3. The van der Waals surface area contributed by atoms with E-state index in [0.29, 0.717) is 25.3 Å². The summed E-state index contributed by atoms with van der Waals surface area (Å²) in [5.74, 6) is 0.814. The van der Waals surface area contributed by atoms with Gasteiger partial charge in [0.15, 0.2) is 0 Å². The molecule has 0 atom stereocenters. The summed E-state index contributed by atoms with van der Waals surface area (Å²) in [6.07, 6.45) is 1.73. The van der Waals surface area contributed by atoms with Crippen LogP contribution in [0.25, 0.3) is 0 Å². The molecule has 3 rings (SSSR count). The summed E-state index contributed by atoms with van der Waals surface area (Å²) in [6.45, 7) is 9.25. The van der Waals surface area contributed by atoms with Gasteiger partial charge in [0.25, 0.3) is 5.91 Å². The van der Waals surface area contributed by atoms with E-state index in [9.17, 15) is 4.79 Å². The molecule has 1 aromatic heterocycles. The predicted octanol–water partition coefficient (Wildman–Crippen LogP) is 5.17. The first kappa shape index (κ1) is 19.8.